The number of para-hydroxylation sites is 1. The number of ether oxygens (including phenoxy) is 6. The van der Waals surface area contributed by atoms with Gasteiger partial charge in [-0.2, -0.15) is 5.26 Å². The third kappa shape index (κ3) is 3.89. The van der Waals surface area contributed by atoms with E-state index in [2.05, 4.69) is 16.3 Å². The molecule has 1 aromatic heterocycles. The van der Waals surface area contributed by atoms with Gasteiger partial charge in [0, 0.05) is 24.2 Å². The van der Waals surface area contributed by atoms with Gasteiger partial charge in [-0.25, -0.2) is 4.79 Å². The minimum atomic E-state index is -0.787. The van der Waals surface area contributed by atoms with Crippen molar-refractivity contribution in [3.8, 4) is 46.2 Å². The van der Waals surface area contributed by atoms with Crippen LogP contribution in [-0.4, -0.2) is 61.4 Å². The Balaban J connectivity index is 1.49. The van der Waals surface area contributed by atoms with Crippen LogP contribution in [0.2, 0.25) is 0 Å². The first-order valence-corrected chi connectivity index (χ1v) is 11.9. The molecule has 0 bridgehead atoms. The zero-order valence-corrected chi connectivity index (χ0v) is 20.4. The number of hydrogen-bond donors (Lipinski definition) is 2. The van der Waals surface area contributed by atoms with Gasteiger partial charge in [-0.1, -0.05) is 12.1 Å². The van der Waals surface area contributed by atoms with Gasteiger partial charge in [0.2, 0.25) is 18.6 Å². The van der Waals surface area contributed by atoms with Crippen LogP contribution in [0.5, 0.6) is 28.9 Å². The van der Waals surface area contributed by atoms with Crippen molar-refractivity contribution in [2.75, 3.05) is 40.2 Å². The van der Waals surface area contributed by atoms with Crippen LogP contribution in [0.1, 0.15) is 17.0 Å². The van der Waals surface area contributed by atoms with E-state index in [0.29, 0.717) is 60.4 Å². The molecular formula is C26H23N5O7. The Morgan fingerprint density at radius 3 is 2.82 bits per heavy atom. The molecule has 12 nitrogen and oxygen atoms in total. The fourth-order valence-corrected chi connectivity index (χ4v) is 4.76. The molecule has 4 heterocycles. The smallest absolute Gasteiger partial charge is 0.415 e. The number of nitrogens with one attached hydrogen (secondary N) is 1. The van der Waals surface area contributed by atoms with Crippen molar-refractivity contribution in [2.45, 2.75) is 5.92 Å². The highest BCUT2D eigenvalue weighted by molar-refractivity contribution is 5.76. The molecule has 6 rings (SSSR count). The number of morpholine rings is 1. The highest BCUT2D eigenvalue weighted by atomic mass is 16.7. The number of allylic oxidation sites excluding steroid dienone is 1. The maximum atomic E-state index is 13.1. The number of hydrogen-bond acceptors (Lipinski definition) is 10. The number of amides is 1. The van der Waals surface area contributed by atoms with Gasteiger partial charge in [0.05, 0.1) is 37.5 Å². The van der Waals surface area contributed by atoms with Crippen molar-refractivity contribution in [2.24, 2.45) is 5.73 Å². The molecule has 1 fully saturated rings. The molecule has 1 amide bonds. The monoisotopic (exact) mass is 517 g/mol. The third-order valence-electron chi connectivity index (χ3n) is 6.60. The highest BCUT2D eigenvalue weighted by Crippen LogP contribution is 2.50. The summed E-state index contributed by atoms with van der Waals surface area (Å²) in [7, 11) is 1.48. The van der Waals surface area contributed by atoms with E-state index in [1.807, 2.05) is 12.1 Å². The number of methoxy groups -OCH3 is 1. The fourth-order valence-electron chi connectivity index (χ4n) is 4.76. The first-order chi connectivity index (χ1) is 18.6. The summed E-state index contributed by atoms with van der Waals surface area (Å²) in [6, 6.07) is 12.8. The summed E-state index contributed by atoms with van der Waals surface area (Å²) in [5.74, 6) is 1.02. The van der Waals surface area contributed by atoms with Crippen LogP contribution in [0.25, 0.3) is 11.3 Å². The Morgan fingerprint density at radius 2 is 2.03 bits per heavy atom. The zero-order chi connectivity index (χ0) is 26.2. The Labute approximate surface area is 217 Å². The van der Waals surface area contributed by atoms with E-state index < -0.39 is 12.0 Å². The summed E-state index contributed by atoms with van der Waals surface area (Å²) in [6.07, 6.45) is -0.551. The van der Waals surface area contributed by atoms with Crippen molar-refractivity contribution in [1.82, 2.24) is 15.1 Å². The third-order valence-corrected chi connectivity index (χ3v) is 6.60. The van der Waals surface area contributed by atoms with E-state index in [1.165, 1.54) is 7.11 Å². The summed E-state index contributed by atoms with van der Waals surface area (Å²) in [5, 5.41) is 17.5. The SMILES string of the molecule is COc1cccc(C2C(C#N)=C(N)Oc3n[nH]c(-c4ccc5c(c4)OCO5)c32)c1OC(=O)N1CCOCC1. The lowest BCUT2D eigenvalue weighted by molar-refractivity contribution is 0.0412. The number of nitrogens with zero attached hydrogens (tertiary/aromatic N) is 3. The topological polar surface area (TPSA) is 154 Å². The van der Waals surface area contributed by atoms with Crippen LogP contribution in [0, 0.1) is 11.3 Å². The Morgan fingerprint density at radius 1 is 1.21 bits per heavy atom. The van der Waals surface area contributed by atoms with E-state index in [-0.39, 0.29) is 29.9 Å². The molecular weight excluding hydrogens is 494 g/mol. The summed E-state index contributed by atoms with van der Waals surface area (Å²) >= 11 is 0. The number of fused-ring (bicyclic) bond motifs is 2. The predicted octanol–water partition coefficient (Wildman–Crippen LogP) is 2.86. The van der Waals surface area contributed by atoms with Crippen LogP contribution in [0.4, 0.5) is 4.79 Å². The Kier molecular flexibility index (Phi) is 5.89. The molecule has 0 radical (unpaired) electrons. The molecule has 0 spiro atoms. The molecule has 1 atom stereocenters. The van der Waals surface area contributed by atoms with Crippen molar-refractivity contribution in [3.63, 3.8) is 0 Å². The van der Waals surface area contributed by atoms with E-state index in [9.17, 15) is 10.1 Å². The molecule has 194 valence electrons. The number of carbonyl (C=O) groups is 1. The number of H-pyrrole nitrogens is 1. The molecule has 2 aromatic carbocycles. The van der Waals surface area contributed by atoms with Gasteiger partial charge in [-0.05, 0) is 24.3 Å². The average molecular weight is 517 g/mol. The van der Waals surface area contributed by atoms with Crippen molar-refractivity contribution < 1.29 is 33.2 Å². The van der Waals surface area contributed by atoms with Gasteiger partial charge in [-0.3, -0.25) is 5.10 Å². The van der Waals surface area contributed by atoms with E-state index in [0.717, 1.165) is 5.56 Å². The predicted molar refractivity (Wildman–Crippen MR) is 131 cm³/mol. The summed E-state index contributed by atoms with van der Waals surface area (Å²) in [5.41, 5.74) is 8.65. The van der Waals surface area contributed by atoms with Crippen molar-refractivity contribution >= 4 is 6.09 Å². The molecule has 3 aliphatic heterocycles. The quantitative estimate of drug-likeness (QED) is 0.528. The van der Waals surface area contributed by atoms with Crippen LogP contribution in [0.15, 0.2) is 47.9 Å². The summed E-state index contributed by atoms with van der Waals surface area (Å²) in [4.78, 5) is 14.7. The van der Waals surface area contributed by atoms with Crippen molar-refractivity contribution in [3.05, 3.63) is 59.0 Å². The molecule has 12 heteroatoms. The van der Waals surface area contributed by atoms with Gasteiger partial charge in [-0.15, -0.1) is 5.10 Å². The van der Waals surface area contributed by atoms with Crippen LogP contribution >= 0.6 is 0 Å². The lowest BCUT2D eigenvalue weighted by Crippen LogP contribution is -2.42. The Hall–Kier alpha value is -4.89. The van der Waals surface area contributed by atoms with Gasteiger partial charge in [0.15, 0.2) is 23.0 Å². The van der Waals surface area contributed by atoms with Crippen LogP contribution in [0.3, 0.4) is 0 Å². The number of nitrogens with two attached hydrogens (primary N) is 1. The van der Waals surface area contributed by atoms with Gasteiger partial charge in [0.25, 0.3) is 0 Å². The number of rotatable bonds is 4. The second-order valence-corrected chi connectivity index (χ2v) is 8.66. The zero-order valence-electron chi connectivity index (χ0n) is 20.4. The lowest BCUT2D eigenvalue weighted by Gasteiger charge is -2.28. The molecule has 0 aliphatic carbocycles. The largest absolute Gasteiger partial charge is 0.493 e. The number of aromatic amines is 1. The van der Waals surface area contributed by atoms with E-state index >= 15 is 0 Å². The average Bonchev–Trinajstić information content (AvgIpc) is 3.59. The molecule has 0 saturated carbocycles. The van der Waals surface area contributed by atoms with Crippen molar-refractivity contribution in [1.29, 1.82) is 5.26 Å². The molecule has 1 unspecified atom stereocenters. The molecule has 3 N–H and O–H groups in total. The standard InChI is InChI=1S/C26H23N5O7/c1-33-18-4-2-3-15(23(18)37-26(32)31-7-9-34-10-8-31)20-16(12-27)24(28)38-25-21(20)22(29-30-25)14-5-6-17-19(11-14)36-13-35-17/h2-6,11,20H,7-10,13,28H2,1H3,(H,29,30). The van der Waals surface area contributed by atoms with E-state index in [4.69, 9.17) is 34.2 Å². The number of aromatic nitrogens is 2. The second kappa shape index (κ2) is 9.53. The summed E-state index contributed by atoms with van der Waals surface area (Å²) in [6.45, 7) is 1.77. The van der Waals surface area contributed by atoms with Crippen LogP contribution in [-0.2, 0) is 4.74 Å². The number of carbonyl (C=O) groups excluding carboxylic acids is 1. The maximum absolute atomic E-state index is 13.1. The van der Waals surface area contributed by atoms with Gasteiger partial charge >= 0.3 is 6.09 Å². The van der Waals surface area contributed by atoms with E-state index in [1.54, 1.807) is 29.2 Å². The first-order valence-electron chi connectivity index (χ1n) is 11.9. The lowest BCUT2D eigenvalue weighted by atomic mass is 9.82. The first kappa shape index (κ1) is 23.5. The molecule has 3 aliphatic rings. The maximum Gasteiger partial charge on any atom is 0.415 e. The Bertz CT molecular complexity index is 1490. The van der Waals surface area contributed by atoms with Gasteiger partial charge in [0.1, 0.15) is 11.6 Å². The minimum Gasteiger partial charge on any atom is -0.493 e. The summed E-state index contributed by atoms with van der Waals surface area (Å²) < 4.78 is 33.5. The minimum absolute atomic E-state index is 0.0954. The fraction of sp³-hybridized carbons (Fsp3) is 0.269. The second-order valence-electron chi connectivity index (χ2n) is 8.66. The number of benzene rings is 2. The number of nitriles is 1. The van der Waals surface area contributed by atoms with Gasteiger partial charge < -0.3 is 39.1 Å². The molecule has 3 aromatic rings. The normalized spacial score (nSPS) is 17.9. The van der Waals surface area contributed by atoms with Crippen LogP contribution < -0.4 is 29.4 Å². The highest BCUT2D eigenvalue weighted by Gasteiger charge is 2.38. The molecule has 38 heavy (non-hydrogen) atoms. The molecule has 1 saturated heterocycles.